The van der Waals surface area contributed by atoms with Gasteiger partial charge in [0.05, 0.1) is 6.20 Å². The lowest BCUT2D eigenvalue weighted by atomic mass is 9.97. The van der Waals surface area contributed by atoms with Crippen LogP contribution in [0.5, 0.6) is 0 Å². The summed E-state index contributed by atoms with van der Waals surface area (Å²) >= 11 is 0. The smallest absolute Gasteiger partial charge is 0.251 e. The molecule has 5 nitrogen and oxygen atoms in total. The summed E-state index contributed by atoms with van der Waals surface area (Å²) in [6.07, 6.45) is 6.44. The number of rotatable bonds is 6. The van der Waals surface area contributed by atoms with Crippen molar-refractivity contribution >= 4 is 16.7 Å². The normalized spacial score (nSPS) is 17.7. The number of carbonyl (C=O) groups is 1. The van der Waals surface area contributed by atoms with E-state index >= 15 is 0 Å². The maximum Gasteiger partial charge on any atom is 0.251 e. The van der Waals surface area contributed by atoms with Crippen molar-refractivity contribution in [2.45, 2.75) is 32.9 Å². The zero-order chi connectivity index (χ0) is 19.3. The van der Waals surface area contributed by atoms with Gasteiger partial charge >= 0.3 is 0 Å². The lowest BCUT2D eigenvalue weighted by molar-refractivity contribution is 0.0932. The highest BCUT2D eigenvalue weighted by molar-refractivity contribution is 6.06. The summed E-state index contributed by atoms with van der Waals surface area (Å²) in [7, 11) is 0. The summed E-state index contributed by atoms with van der Waals surface area (Å²) in [5.41, 5.74) is 2.03. The van der Waals surface area contributed by atoms with Crippen LogP contribution < -0.4 is 5.32 Å². The molecule has 1 aromatic heterocycles. The Hall–Kier alpha value is -2.66. The van der Waals surface area contributed by atoms with Gasteiger partial charge in [0.15, 0.2) is 0 Å². The summed E-state index contributed by atoms with van der Waals surface area (Å²) in [5, 5.41) is 9.66. The van der Waals surface area contributed by atoms with Gasteiger partial charge in [0, 0.05) is 43.5 Å². The van der Waals surface area contributed by atoms with E-state index in [2.05, 4.69) is 28.4 Å². The van der Waals surface area contributed by atoms with E-state index in [4.69, 9.17) is 0 Å². The van der Waals surface area contributed by atoms with Crippen LogP contribution >= 0.6 is 0 Å². The number of nitrogens with zero attached hydrogens (tertiary/aromatic N) is 3. The Morgan fingerprint density at radius 1 is 1.21 bits per heavy atom. The van der Waals surface area contributed by atoms with Crippen molar-refractivity contribution in [2.75, 3.05) is 19.6 Å². The van der Waals surface area contributed by atoms with E-state index in [0.717, 1.165) is 49.1 Å². The number of benzene rings is 2. The Morgan fingerprint density at radius 2 is 2.07 bits per heavy atom. The summed E-state index contributed by atoms with van der Waals surface area (Å²) < 4.78 is 1.97. The van der Waals surface area contributed by atoms with Gasteiger partial charge in [-0.05, 0) is 49.1 Å². The molecule has 2 heterocycles. The monoisotopic (exact) mass is 376 g/mol. The highest BCUT2D eigenvalue weighted by Gasteiger charge is 2.21. The highest BCUT2D eigenvalue weighted by Crippen LogP contribution is 2.20. The van der Waals surface area contributed by atoms with E-state index < -0.39 is 0 Å². The van der Waals surface area contributed by atoms with E-state index in [1.54, 1.807) is 0 Å². The first kappa shape index (κ1) is 18.7. The number of nitrogens with one attached hydrogen (secondary N) is 1. The minimum Gasteiger partial charge on any atom is -0.352 e. The molecule has 1 atom stereocenters. The van der Waals surface area contributed by atoms with Crippen LogP contribution in [0.2, 0.25) is 0 Å². The SMILES string of the molecule is CCn1cc(CN2CCCC(CNC(=O)c3cccc4ccccc34)C2)cn1. The molecule has 1 fully saturated rings. The first-order valence-corrected chi connectivity index (χ1v) is 10.2. The van der Waals surface area contributed by atoms with Crippen LogP contribution in [0.25, 0.3) is 10.8 Å². The molecule has 1 aliphatic heterocycles. The van der Waals surface area contributed by atoms with Gasteiger partial charge in [-0.2, -0.15) is 5.10 Å². The van der Waals surface area contributed by atoms with E-state index in [-0.39, 0.29) is 5.91 Å². The van der Waals surface area contributed by atoms with Crippen molar-refractivity contribution in [2.24, 2.45) is 5.92 Å². The van der Waals surface area contributed by atoms with Crippen LogP contribution in [0.4, 0.5) is 0 Å². The van der Waals surface area contributed by atoms with Crippen molar-refractivity contribution in [3.05, 3.63) is 66.0 Å². The topological polar surface area (TPSA) is 50.2 Å². The van der Waals surface area contributed by atoms with Gasteiger partial charge in [-0.1, -0.05) is 36.4 Å². The van der Waals surface area contributed by atoms with Gasteiger partial charge in [0.2, 0.25) is 0 Å². The second kappa shape index (κ2) is 8.57. The van der Waals surface area contributed by atoms with Gasteiger partial charge in [-0.3, -0.25) is 14.4 Å². The van der Waals surface area contributed by atoms with Gasteiger partial charge in [-0.25, -0.2) is 0 Å². The quantitative estimate of drug-likeness (QED) is 0.714. The summed E-state index contributed by atoms with van der Waals surface area (Å²) in [4.78, 5) is 15.3. The maximum absolute atomic E-state index is 12.8. The fourth-order valence-electron chi connectivity index (χ4n) is 4.14. The second-order valence-electron chi connectivity index (χ2n) is 7.68. The molecule has 28 heavy (non-hydrogen) atoms. The fraction of sp³-hybridized carbons (Fsp3) is 0.391. The highest BCUT2D eigenvalue weighted by atomic mass is 16.1. The van der Waals surface area contributed by atoms with Gasteiger partial charge in [-0.15, -0.1) is 0 Å². The standard InChI is InChI=1S/C23H28N4O/c1-2-27-17-19(14-25-27)16-26-12-6-7-18(15-26)13-24-23(28)22-11-5-9-20-8-3-4-10-21(20)22/h3-5,8-11,14,17-18H,2,6-7,12-13,15-16H2,1H3,(H,24,28). The molecular formula is C23H28N4O. The predicted octanol–water partition coefficient (Wildman–Crippen LogP) is 3.70. The fourth-order valence-corrected chi connectivity index (χ4v) is 4.14. The Balaban J connectivity index is 1.34. The molecule has 0 aliphatic carbocycles. The third kappa shape index (κ3) is 4.25. The van der Waals surface area contributed by atoms with Crippen LogP contribution in [0.1, 0.15) is 35.7 Å². The minimum atomic E-state index is 0.0261. The molecule has 1 saturated heterocycles. The molecule has 3 aromatic rings. The molecule has 0 radical (unpaired) electrons. The minimum absolute atomic E-state index is 0.0261. The van der Waals surface area contributed by atoms with E-state index in [9.17, 15) is 4.79 Å². The first-order chi connectivity index (χ1) is 13.7. The van der Waals surface area contributed by atoms with Crippen LogP contribution in [0.3, 0.4) is 0 Å². The summed E-state index contributed by atoms with van der Waals surface area (Å²) in [6.45, 7) is 6.81. The van der Waals surface area contributed by atoms with E-state index in [1.807, 2.05) is 53.3 Å². The number of fused-ring (bicyclic) bond motifs is 1. The summed E-state index contributed by atoms with van der Waals surface area (Å²) in [5.74, 6) is 0.520. The number of aromatic nitrogens is 2. The number of carbonyl (C=O) groups excluding carboxylic acids is 1. The molecule has 1 N–H and O–H groups in total. The van der Waals surface area contributed by atoms with Crippen molar-refractivity contribution in [1.82, 2.24) is 20.0 Å². The molecule has 4 rings (SSSR count). The van der Waals surface area contributed by atoms with Crippen molar-refractivity contribution < 1.29 is 4.79 Å². The Bertz CT molecular complexity index is 943. The zero-order valence-electron chi connectivity index (χ0n) is 16.5. The van der Waals surface area contributed by atoms with Crippen LogP contribution in [-0.4, -0.2) is 40.2 Å². The molecule has 0 saturated carbocycles. The number of aryl methyl sites for hydroxylation is 1. The molecule has 2 aromatic carbocycles. The molecule has 1 unspecified atom stereocenters. The van der Waals surface area contributed by atoms with Crippen LogP contribution in [-0.2, 0) is 13.1 Å². The number of amides is 1. The molecule has 146 valence electrons. The number of hydrogen-bond donors (Lipinski definition) is 1. The first-order valence-electron chi connectivity index (χ1n) is 10.2. The number of likely N-dealkylation sites (tertiary alicyclic amines) is 1. The van der Waals surface area contributed by atoms with Crippen molar-refractivity contribution in [3.63, 3.8) is 0 Å². The zero-order valence-corrected chi connectivity index (χ0v) is 16.5. The third-order valence-corrected chi connectivity index (χ3v) is 5.61. The van der Waals surface area contributed by atoms with E-state index in [0.29, 0.717) is 5.92 Å². The average Bonchev–Trinajstić information content (AvgIpc) is 3.19. The molecule has 1 amide bonds. The molecule has 0 bridgehead atoms. The average molecular weight is 377 g/mol. The van der Waals surface area contributed by atoms with Gasteiger partial charge in [0.25, 0.3) is 5.91 Å². The van der Waals surface area contributed by atoms with E-state index in [1.165, 1.54) is 18.4 Å². The van der Waals surface area contributed by atoms with Crippen LogP contribution in [0.15, 0.2) is 54.9 Å². The predicted molar refractivity (Wildman–Crippen MR) is 112 cm³/mol. The molecular weight excluding hydrogens is 348 g/mol. The maximum atomic E-state index is 12.8. The Kier molecular flexibility index (Phi) is 5.72. The van der Waals surface area contributed by atoms with Gasteiger partial charge < -0.3 is 5.32 Å². The second-order valence-corrected chi connectivity index (χ2v) is 7.68. The third-order valence-electron chi connectivity index (χ3n) is 5.61. The lowest BCUT2D eigenvalue weighted by Crippen LogP contribution is -2.40. The Morgan fingerprint density at radius 3 is 2.93 bits per heavy atom. The Labute approximate surface area is 166 Å². The van der Waals surface area contributed by atoms with Crippen molar-refractivity contribution in [3.8, 4) is 0 Å². The largest absolute Gasteiger partial charge is 0.352 e. The van der Waals surface area contributed by atoms with Crippen molar-refractivity contribution in [1.29, 1.82) is 0 Å². The number of piperidine rings is 1. The molecule has 0 spiro atoms. The van der Waals surface area contributed by atoms with Crippen LogP contribution in [0, 0.1) is 5.92 Å². The van der Waals surface area contributed by atoms with Gasteiger partial charge in [0.1, 0.15) is 0 Å². The molecule has 1 aliphatic rings. The number of hydrogen-bond acceptors (Lipinski definition) is 3. The molecule has 5 heteroatoms. The summed E-state index contributed by atoms with van der Waals surface area (Å²) in [6, 6.07) is 14.0. The lowest BCUT2D eigenvalue weighted by Gasteiger charge is -2.32.